The molecule has 24 heavy (non-hydrogen) atoms. The summed E-state index contributed by atoms with van der Waals surface area (Å²) in [4.78, 5) is 37.7. The summed E-state index contributed by atoms with van der Waals surface area (Å²) in [5, 5.41) is 1.08. The molecule has 11 nitrogen and oxygen atoms in total. The van der Waals surface area contributed by atoms with Crippen molar-refractivity contribution in [1.82, 2.24) is 15.0 Å². The van der Waals surface area contributed by atoms with Crippen LogP contribution in [0.5, 0.6) is 0 Å². The lowest BCUT2D eigenvalue weighted by Crippen LogP contribution is -2.55. The number of rotatable bonds is 5. The largest absolute Gasteiger partial charge is 0.418 e. The van der Waals surface area contributed by atoms with Crippen molar-refractivity contribution in [3.8, 4) is 0 Å². The molecular formula is C12H18N4O7S. The highest BCUT2D eigenvalue weighted by Gasteiger charge is 2.50. The van der Waals surface area contributed by atoms with Crippen molar-refractivity contribution in [3.63, 3.8) is 0 Å². The monoisotopic (exact) mass is 362 g/mol. The number of hydroxylamine groups is 2. The molecular weight excluding hydrogens is 344 g/mol. The molecule has 0 aromatic carbocycles. The van der Waals surface area contributed by atoms with Crippen molar-refractivity contribution >= 4 is 28.2 Å². The molecule has 12 heteroatoms. The van der Waals surface area contributed by atoms with Gasteiger partial charge in [-0.25, -0.2) is 15.6 Å². The first-order chi connectivity index (χ1) is 11.2. The first kappa shape index (κ1) is 17.1. The van der Waals surface area contributed by atoms with Crippen LogP contribution in [-0.4, -0.2) is 64.4 Å². The van der Waals surface area contributed by atoms with Crippen LogP contribution >= 0.6 is 0 Å². The summed E-state index contributed by atoms with van der Waals surface area (Å²) in [6.07, 6.45) is 2.56. The molecule has 134 valence electrons. The SMILES string of the molecule is NN(C(=O)CC1CC1)C(=O)C1CCC2CN1C(=O)N2OS(=O)(=O)O. The molecule has 2 bridgehead atoms. The summed E-state index contributed by atoms with van der Waals surface area (Å²) in [6, 6.07) is -2.43. The molecule has 3 fully saturated rings. The Morgan fingerprint density at radius 3 is 2.54 bits per heavy atom. The Labute approximate surface area is 138 Å². The van der Waals surface area contributed by atoms with Gasteiger partial charge in [0.2, 0.25) is 5.91 Å². The number of piperidine rings is 1. The van der Waals surface area contributed by atoms with E-state index in [4.69, 9.17) is 10.4 Å². The van der Waals surface area contributed by atoms with Gasteiger partial charge in [-0.05, 0) is 31.6 Å². The normalized spacial score (nSPS) is 26.7. The number of hydrogen-bond acceptors (Lipinski definition) is 7. The Kier molecular flexibility index (Phi) is 4.23. The Balaban J connectivity index is 1.68. The molecule has 1 saturated carbocycles. The zero-order chi connectivity index (χ0) is 17.6. The van der Waals surface area contributed by atoms with Gasteiger partial charge in [0.15, 0.2) is 0 Å². The van der Waals surface area contributed by atoms with Crippen LogP contribution < -0.4 is 5.84 Å². The van der Waals surface area contributed by atoms with Crippen molar-refractivity contribution in [1.29, 1.82) is 0 Å². The second-order valence-electron chi connectivity index (χ2n) is 6.26. The number of imide groups is 1. The number of carbonyl (C=O) groups excluding carboxylic acids is 3. The quantitative estimate of drug-likeness (QED) is 0.274. The highest BCUT2D eigenvalue weighted by Crippen LogP contribution is 2.34. The molecule has 3 aliphatic rings. The number of hydrogen-bond donors (Lipinski definition) is 2. The molecule has 2 heterocycles. The zero-order valence-electron chi connectivity index (χ0n) is 12.7. The third kappa shape index (κ3) is 3.36. The van der Waals surface area contributed by atoms with Crippen LogP contribution in [0.3, 0.4) is 0 Å². The van der Waals surface area contributed by atoms with Crippen molar-refractivity contribution in [2.45, 2.75) is 44.2 Å². The fourth-order valence-electron chi connectivity index (χ4n) is 3.04. The Morgan fingerprint density at radius 2 is 1.96 bits per heavy atom. The van der Waals surface area contributed by atoms with Gasteiger partial charge < -0.3 is 4.90 Å². The molecule has 2 aliphatic heterocycles. The summed E-state index contributed by atoms with van der Waals surface area (Å²) in [5.74, 6) is 4.65. The number of nitrogens with zero attached hydrogens (tertiary/aromatic N) is 3. The van der Waals surface area contributed by atoms with Crippen molar-refractivity contribution < 1.29 is 31.6 Å². The molecule has 2 saturated heterocycles. The predicted molar refractivity (Wildman–Crippen MR) is 76.8 cm³/mol. The molecule has 2 atom stereocenters. The number of nitrogens with two attached hydrogens (primary N) is 1. The molecule has 0 aromatic rings. The number of amides is 4. The maximum Gasteiger partial charge on any atom is 0.418 e. The van der Waals surface area contributed by atoms with Gasteiger partial charge in [0.25, 0.3) is 5.91 Å². The third-order valence-electron chi connectivity index (χ3n) is 4.45. The van der Waals surface area contributed by atoms with E-state index in [1.54, 1.807) is 0 Å². The van der Waals surface area contributed by atoms with Crippen LogP contribution in [-0.2, 0) is 24.3 Å². The first-order valence-corrected chi connectivity index (χ1v) is 8.92. The van der Waals surface area contributed by atoms with E-state index >= 15 is 0 Å². The topological polar surface area (TPSA) is 151 Å². The summed E-state index contributed by atoms with van der Waals surface area (Å²) in [5.41, 5.74) is 0. The Morgan fingerprint density at radius 1 is 1.29 bits per heavy atom. The Hall–Kier alpha value is -1.76. The lowest BCUT2D eigenvalue weighted by Gasteiger charge is -2.31. The molecule has 2 unspecified atom stereocenters. The van der Waals surface area contributed by atoms with Gasteiger partial charge in [-0.2, -0.15) is 13.5 Å². The van der Waals surface area contributed by atoms with Gasteiger partial charge in [-0.15, -0.1) is 4.28 Å². The van der Waals surface area contributed by atoms with Gasteiger partial charge in [0, 0.05) is 13.0 Å². The molecule has 0 radical (unpaired) electrons. The van der Waals surface area contributed by atoms with Crippen LogP contribution in [0.15, 0.2) is 0 Å². The summed E-state index contributed by atoms with van der Waals surface area (Å²) in [6.45, 7) is 0.0510. The number of carbonyl (C=O) groups is 3. The lowest BCUT2D eigenvalue weighted by atomic mass is 10.00. The summed E-state index contributed by atoms with van der Waals surface area (Å²) < 4.78 is 34.7. The molecule has 3 rings (SSSR count). The summed E-state index contributed by atoms with van der Waals surface area (Å²) >= 11 is 0. The van der Waals surface area contributed by atoms with Gasteiger partial charge in [-0.3, -0.25) is 14.1 Å². The second-order valence-corrected chi connectivity index (χ2v) is 7.26. The molecule has 0 spiro atoms. The Bertz CT molecular complexity index is 677. The van der Waals surface area contributed by atoms with Crippen molar-refractivity contribution in [2.75, 3.05) is 6.54 Å². The number of hydrazine groups is 1. The highest BCUT2D eigenvalue weighted by atomic mass is 32.3. The van der Waals surface area contributed by atoms with E-state index in [0.29, 0.717) is 10.1 Å². The fraction of sp³-hybridized carbons (Fsp3) is 0.750. The molecule has 4 amide bonds. The average Bonchev–Trinajstić information content (AvgIpc) is 3.29. The number of fused-ring (bicyclic) bond motifs is 2. The first-order valence-electron chi connectivity index (χ1n) is 7.55. The van der Waals surface area contributed by atoms with Crippen LogP contribution in [0.2, 0.25) is 0 Å². The van der Waals surface area contributed by atoms with Gasteiger partial charge in [-0.1, -0.05) is 0 Å². The molecule has 1 aliphatic carbocycles. The van der Waals surface area contributed by atoms with E-state index in [1.165, 1.54) is 0 Å². The lowest BCUT2D eigenvalue weighted by molar-refractivity contribution is -0.148. The smallest absolute Gasteiger partial charge is 0.309 e. The van der Waals surface area contributed by atoms with E-state index in [2.05, 4.69) is 4.28 Å². The van der Waals surface area contributed by atoms with E-state index in [1.807, 2.05) is 0 Å². The predicted octanol–water partition coefficient (Wildman–Crippen LogP) is -0.982. The van der Waals surface area contributed by atoms with Crippen LogP contribution in [0.25, 0.3) is 0 Å². The molecule has 0 aromatic heterocycles. The minimum atomic E-state index is -4.85. The van der Waals surface area contributed by atoms with Crippen molar-refractivity contribution in [3.05, 3.63) is 0 Å². The van der Waals surface area contributed by atoms with Gasteiger partial charge in [0.1, 0.15) is 6.04 Å². The van der Waals surface area contributed by atoms with Gasteiger partial charge in [0.05, 0.1) is 6.04 Å². The van der Waals surface area contributed by atoms with E-state index in [9.17, 15) is 22.8 Å². The van der Waals surface area contributed by atoms with E-state index < -0.39 is 40.3 Å². The zero-order valence-corrected chi connectivity index (χ0v) is 13.5. The maximum atomic E-state index is 12.4. The van der Waals surface area contributed by atoms with E-state index in [0.717, 1.165) is 17.7 Å². The van der Waals surface area contributed by atoms with Gasteiger partial charge >= 0.3 is 16.4 Å². The minimum absolute atomic E-state index is 0.0510. The van der Waals surface area contributed by atoms with Crippen molar-refractivity contribution in [2.24, 2.45) is 11.8 Å². The standard InChI is InChI=1S/C12H18N4O7S/c13-15(10(17)5-7-1-2-7)11(18)9-4-3-8-6-14(9)12(19)16(8)23-24(20,21)22/h7-9H,1-6,13H2,(H,20,21,22). The van der Waals surface area contributed by atoms with Crippen LogP contribution in [0.1, 0.15) is 32.1 Å². The third-order valence-corrected chi connectivity index (χ3v) is 4.80. The molecule has 3 N–H and O–H groups in total. The maximum absolute atomic E-state index is 12.4. The van der Waals surface area contributed by atoms with Crippen LogP contribution in [0, 0.1) is 5.92 Å². The van der Waals surface area contributed by atoms with Crippen LogP contribution in [0.4, 0.5) is 4.79 Å². The number of urea groups is 1. The van der Waals surface area contributed by atoms with E-state index in [-0.39, 0.29) is 31.7 Å². The second kappa shape index (κ2) is 5.95. The highest BCUT2D eigenvalue weighted by molar-refractivity contribution is 7.80. The fourth-order valence-corrected chi connectivity index (χ4v) is 3.43. The summed E-state index contributed by atoms with van der Waals surface area (Å²) in [7, 11) is -4.85. The average molecular weight is 362 g/mol. The minimum Gasteiger partial charge on any atom is -0.309 e.